The third kappa shape index (κ3) is 5.47. The summed E-state index contributed by atoms with van der Waals surface area (Å²) in [5, 5.41) is 3.10. The highest BCUT2D eigenvalue weighted by molar-refractivity contribution is 5.93. The van der Waals surface area contributed by atoms with Crippen molar-refractivity contribution in [2.45, 2.75) is 53.0 Å². The second-order valence-corrected chi connectivity index (χ2v) is 8.19. The molecule has 4 heteroatoms. The van der Waals surface area contributed by atoms with Gasteiger partial charge in [0, 0.05) is 30.6 Å². The molecule has 0 heterocycles. The second-order valence-electron chi connectivity index (χ2n) is 8.19. The number of aryl methyl sites for hydroxylation is 2. The highest BCUT2D eigenvalue weighted by Crippen LogP contribution is 2.31. The monoisotopic (exact) mass is 392 g/mol. The van der Waals surface area contributed by atoms with E-state index in [0.717, 1.165) is 48.1 Å². The first-order valence-corrected chi connectivity index (χ1v) is 10.7. The number of carbonyl (C=O) groups is 2. The van der Waals surface area contributed by atoms with E-state index in [1.807, 2.05) is 56.0 Å². The van der Waals surface area contributed by atoms with Crippen molar-refractivity contribution >= 4 is 17.5 Å². The summed E-state index contributed by atoms with van der Waals surface area (Å²) in [6, 6.07) is 16.2. The van der Waals surface area contributed by atoms with Crippen molar-refractivity contribution in [3.8, 4) is 0 Å². The number of anilines is 1. The molecule has 0 radical (unpaired) electrons. The van der Waals surface area contributed by atoms with Crippen molar-refractivity contribution < 1.29 is 9.59 Å². The summed E-state index contributed by atoms with van der Waals surface area (Å²) < 4.78 is 0. The van der Waals surface area contributed by atoms with Gasteiger partial charge in [0.25, 0.3) is 0 Å². The molecule has 2 amide bonds. The Morgan fingerprint density at radius 2 is 1.62 bits per heavy atom. The number of hydrogen-bond acceptors (Lipinski definition) is 2. The average Bonchev–Trinajstić information content (AvgIpc) is 2.75. The Morgan fingerprint density at radius 3 is 2.28 bits per heavy atom. The van der Waals surface area contributed by atoms with Gasteiger partial charge in [-0.05, 0) is 69.2 Å². The minimum atomic E-state index is -0.0110. The predicted octanol–water partition coefficient (Wildman–Crippen LogP) is 5.10. The Kier molecular flexibility index (Phi) is 7.08. The topological polar surface area (TPSA) is 49.4 Å². The van der Waals surface area contributed by atoms with Gasteiger partial charge in [0.2, 0.25) is 11.8 Å². The minimum Gasteiger partial charge on any atom is -0.338 e. The number of rotatable bonds is 6. The third-order valence-electron chi connectivity index (χ3n) is 6.01. The molecule has 3 rings (SSSR count). The molecule has 1 fully saturated rings. The van der Waals surface area contributed by atoms with Crippen LogP contribution in [0.1, 0.15) is 49.3 Å². The zero-order valence-electron chi connectivity index (χ0n) is 17.8. The zero-order chi connectivity index (χ0) is 20.8. The largest absolute Gasteiger partial charge is 0.338 e. The Hall–Kier alpha value is -2.62. The van der Waals surface area contributed by atoms with E-state index in [4.69, 9.17) is 0 Å². The van der Waals surface area contributed by atoms with Crippen LogP contribution in [0.3, 0.4) is 0 Å². The molecule has 0 saturated heterocycles. The van der Waals surface area contributed by atoms with Crippen LogP contribution in [0.5, 0.6) is 0 Å². The van der Waals surface area contributed by atoms with E-state index in [2.05, 4.69) is 23.5 Å². The Balaban J connectivity index is 1.54. The predicted molar refractivity (Wildman–Crippen MR) is 118 cm³/mol. The second kappa shape index (κ2) is 9.73. The van der Waals surface area contributed by atoms with E-state index < -0.39 is 0 Å². The van der Waals surface area contributed by atoms with Crippen LogP contribution in [-0.2, 0) is 16.1 Å². The van der Waals surface area contributed by atoms with Gasteiger partial charge in [-0.1, -0.05) is 42.5 Å². The summed E-state index contributed by atoms with van der Waals surface area (Å²) in [6.07, 6.45) is 3.12. The van der Waals surface area contributed by atoms with Crippen molar-refractivity contribution in [3.63, 3.8) is 0 Å². The molecule has 4 nitrogen and oxygen atoms in total. The molecule has 2 aromatic rings. The lowest BCUT2D eigenvalue weighted by Crippen LogP contribution is -2.38. The van der Waals surface area contributed by atoms with Gasteiger partial charge >= 0.3 is 0 Å². The van der Waals surface area contributed by atoms with Crippen LogP contribution in [0.2, 0.25) is 0 Å². The van der Waals surface area contributed by atoms with Gasteiger partial charge in [-0.2, -0.15) is 0 Å². The fourth-order valence-electron chi connectivity index (χ4n) is 4.12. The van der Waals surface area contributed by atoms with Crippen LogP contribution in [0, 0.1) is 25.7 Å². The summed E-state index contributed by atoms with van der Waals surface area (Å²) >= 11 is 0. The number of nitrogens with zero attached hydrogens (tertiary/aromatic N) is 1. The van der Waals surface area contributed by atoms with Crippen molar-refractivity contribution in [2.75, 3.05) is 11.9 Å². The molecule has 0 aliphatic heterocycles. The van der Waals surface area contributed by atoms with Crippen molar-refractivity contribution in [2.24, 2.45) is 11.8 Å². The van der Waals surface area contributed by atoms with Gasteiger partial charge in [-0.25, -0.2) is 0 Å². The molecule has 1 N–H and O–H groups in total. The van der Waals surface area contributed by atoms with Crippen molar-refractivity contribution in [1.29, 1.82) is 0 Å². The minimum absolute atomic E-state index is 0.0110. The first-order chi connectivity index (χ1) is 14.0. The van der Waals surface area contributed by atoms with Gasteiger partial charge < -0.3 is 10.2 Å². The Morgan fingerprint density at radius 1 is 0.966 bits per heavy atom. The van der Waals surface area contributed by atoms with Crippen molar-refractivity contribution in [3.05, 3.63) is 65.2 Å². The van der Waals surface area contributed by atoms with E-state index in [-0.39, 0.29) is 23.7 Å². The van der Waals surface area contributed by atoms with E-state index in [1.165, 1.54) is 0 Å². The van der Waals surface area contributed by atoms with Crippen LogP contribution in [0.4, 0.5) is 5.69 Å². The smallest absolute Gasteiger partial charge is 0.227 e. The highest BCUT2D eigenvalue weighted by atomic mass is 16.2. The lowest BCUT2D eigenvalue weighted by atomic mass is 9.80. The summed E-state index contributed by atoms with van der Waals surface area (Å²) in [5.74, 6) is 0.331. The van der Waals surface area contributed by atoms with E-state index >= 15 is 0 Å². The van der Waals surface area contributed by atoms with Crippen LogP contribution < -0.4 is 5.32 Å². The summed E-state index contributed by atoms with van der Waals surface area (Å²) in [6.45, 7) is 7.44. The van der Waals surface area contributed by atoms with Crippen LogP contribution in [0.25, 0.3) is 0 Å². The van der Waals surface area contributed by atoms with Crippen LogP contribution >= 0.6 is 0 Å². The van der Waals surface area contributed by atoms with Crippen molar-refractivity contribution in [1.82, 2.24) is 4.90 Å². The number of carbonyl (C=O) groups excluding carboxylic acids is 2. The summed E-state index contributed by atoms with van der Waals surface area (Å²) in [7, 11) is 0. The maximum absolute atomic E-state index is 13.0. The number of hydrogen-bond donors (Lipinski definition) is 1. The molecule has 0 spiro atoms. The SMILES string of the molecule is CCN(Cc1ccccc1)C(=O)C1CCC(C(=O)Nc2cc(C)ccc2C)CC1. The number of nitrogens with one attached hydrogen (secondary N) is 1. The van der Waals surface area contributed by atoms with Gasteiger partial charge in [0.15, 0.2) is 0 Å². The molecule has 1 aliphatic rings. The van der Waals surface area contributed by atoms with Crippen LogP contribution in [-0.4, -0.2) is 23.3 Å². The summed E-state index contributed by atoms with van der Waals surface area (Å²) in [4.78, 5) is 27.7. The standard InChI is InChI=1S/C25H32N2O2/c1-4-27(17-20-8-6-5-7-9-20)25(29)22-14-12-21(13-15-22)24(28)26-23-16-18(2)10-11-19(23)3/h5-11,16,21-22H,4,12-15,17H2,1-3H3,(H,26,28). The molecule has 29 heavy (non-hydrogen) atoms. The molecule has 0 aromatic heterocycles. The first kappa shape index (κ1) is 21.1. The van der Waals surface area contributed by atoms with Gasteiger partial charge in [-0.15, -0.1) is 0 Å². The molecule has 0 bridgehead atoms. The zero-order valence-corrected chi connectivity index (χ0v) is 17.8. The lowest BCUT2D eigenvalue weighted by molar-refractivity contribution is -0.138. The first-order valence-electron chi connectivity index (χ1n) is 10.7. The van der Waals surface area contributed by atoms with E-state index in [0.29, 0.717) is 13.1 Å². The van der Waals surface area contributed by atoms with Gasteiger partial charge in [0.1, 0.15) is 0 Å². The third-order valence-corrected chi connectivity index (χ3v) is 6.01. The fraction of sp³-hybridized carbons (Fsp3) is 0.440. The molecule has 154 valence electrons. The van der Waals surface area contributed by atoms with E-state index in [9.17, 15) is 9.59 Å². The molecule has 0 atom stereocenters. The maximum atomic E-state index is 13.0. The quantitative estimate of drug-likeness (QED) is 0.744. The normalized spacial score (nSPS) is 18.9. The fourth-order valence-corrected chi connectivity index (χ4v) is 4.12. The molecular weight excluding hydrogens is 360 g/mol. The lowest BCUT2D eigenvalue weighted by Gasteiger charge is -2.31. The average molecular weight is 393 g/mol. The summed E-state index contributed by atoms with van der Waals surface area (Å²) in [5.41, 5.74) is 4.27. The molecular formula is C25H32N2O2. The Labute approximate surface area is 174 Å². The molecule has 1 saturated carbocycles. The maximum Gasteiger partial charge on any atom is 0.227 e. The number of amides is 2. The van der Waals surface area contributed by atoms with Gasteiger partial charge in [-0.3, -0.25) is 9.59 Å². The number of benzene rings is 2. The highest BCUT2D eigenvalue weighted by Gasteiger charge is 2.32. The molecule has 0 unspecified atom stereocenters. The molecule has 2 aromatic carbocycles. The molecule has 1 aliphatic carbocycles. The van der Waals surface area contributed by atoms with Gasteiger partial charge in [0.05, 0.1) is 0 Å². The van der Waals surface area contributed by atoms with Crippen LogP contribution in [0.15, 0.2) is 48.5 Å². The van der Waals surface area contributed by atoms with E-state index in [1.54, 1.807) is 0 Å². The Bertz CT molecular complexity index is 839.